The van der Waals surface area contributed by atoms with E-state index in [0.717, 1.165) is 5.56 Å². The van der Waals surface area contributed by atoms with Crippen LogP contribution in [0.15, 0.2) is 40.6 Å². The molecule has 1 unspecified atom stereocenters. The second-order valence-electron chi connectivity index (χ2n) is 5.34. The van der Waals surface area contributed by atoms with Gasteiger partial charge in [-0.3, -0.25) is 10.1 Å². The smallest absolute Gasteiger partial charge is 0.258 e. The molecule has 0 aliphatic carbocycles. The van der Waals surface area contributed by atoms with Gasteiger partial charge in [0.15, 0.2) is 0 Å². The van der Waals surface area contributed by atoms with Gasteiger partial charge < -0.3 is 0 Å². The third-order valence-electron chi connectivity index (χ3n) is 4.09. The minimum Gasteiger partial charge on any atom is -0.258 e. The lowest BCUT2D eigenvalue weighted by molar-refractivity contribution is -0.384. The normalized spacial score (nSPS) is 18.6. The number of non-ortho nitro benzene ring substituents is 1. The number of sulfonamides is 1. The van der Waals surface area contributed by atoms with Crippen LogP contribution >= 0.6 is 11.3 Å². The highest BCUT2D eigenvalue weighted by molar-refractivity contribution is 7.89. The Balaban J connectivity index is 1.97. The maximum Gasteiger partial charge on any atom is 0.269 e. The molecule has 0 radical (unpaired) electrons. The molecule has 23 heavy (non-hydrogen) atoms. The van der Waals surface area contributed by atoms with Gasteiger partial charge in [0.1, 0.15) is 0 Å². The van der Waals surface area contributed by atoms with Crippen molar-refractivity contribution in [2.24, 2.45) is 0 Å². The molecular weight excluding hydrogens is 336 g/mol. The standard InChI is InChI=1S/C15H16N2O4S2/c1-2-14-13-8-10-22-15(13)7-9-16(14)23(20,21)12-5-3-11(4-6-12)17(18)19/h3-6,8,10,14H,2,7,9H2,1H3. The van der Waals surface area contributed by atoms with Crippen LogP contribution in [0.3, 0.4) is 0 Å². The van der Waals surface area contributed by atoms with E-state index in [0.29, 0.717) is 19.4 Å². The molecule has 0 amide bonds. The summed E-state index contributed by atoms with van der Waals surface area (Å²) in [6, 6.07) is 6.89. The summed E-state index contributed by atoms with van der Waals surface area (Å²) < 4.78 is 27.4. The molecule has 3 rings (SSSR count). The van der Waals surface area contributed by atoms with Gasteiger partial charge in [0, 0.05) is 23.6 Å². The molecule has 0 fully saturated rings. The Morgan fingerprint density at radius 2 is 2.00 bits per heavy atom. The summed E-state index contributed by atoms with van der Waals surface area (Å²) in [4.78, 5) is 11.5. The zero-order chi connectivity index (χ0) is 16.6. The van der Waals surface area contributed by atoms with Crippen LogP contribution in [0, 0.1) is 10.1 Å². The van der Waals surface area contributed by atoms with Crippen molar-refractivity contribution in [2.45, 2.75) is 30.7 Å². The highest BCUT2D eigenvalue weighted by Crippen LogP contribution is 2.38. The summed E-state index contributed by atoms with van der Waals surface area (Å²) in [7, 11) is -3.67. The molecule has 0 spiro atoms. The monoisotopic (exact) mass is 352 g/mol. The van der Waals surface area contributed by atoms with Gasteiger partial charge in [-0.05, 0) is 42.0 Å². The molecule has 122 valence electrons. The summed E-state index contributed by atoms with van der Waals surface area (Å²) in [6.45, 7) is 2.40. The van der Waals surface area contributed by atoms with Crippen LogP contribution in [0.4, 0.5) is 5.69 Å². The Morgan fingerprint density at radius 1 is 1.30 bits per heavy atom. The molecule has 1 atom stereocenters. The number of nitro groups is 1. The van der Waals surface area contributed by atoms with E-state index in [4.69, 9.17) is 0 Å². The summed E-state index contributed by atoms with van der Waals surface area (Å²) in [6.07, 6.45) is 1.39. The van der Waals surface area contributed by atoms with Crippen LogP contribution < -0.4 is 0 Å². The Labute approximate surface area is 138 Å². The molecule has 6 nitrogen and oxygen atoms in total. The van der Waals surface area contributed by atoms with Crippen molar-refractivity contribution in [3.63, 3.8) is 0 Å². The largest absolute Gasteiger partial charge is 0.269 e. The van der Waals surface area contributed by atoms with E-state index >= 15 is 0 Å². The number of nitrogens with zero attached hydrogens (tertiary/aromatic N) is 2. The average Bonchev–Trinajstić information content (AvgIpc) is 3.02. The summed E-state index contributed by atoms with van der Waals surface area (Å²) in [5.74, 6) is 0. The maximum absolute atomic E-state index is 12.9. The molecule has 0 saturated carbocycles. The fourth-order valence-electron chi connectivity index (χ4n) is 2.96. The van der Waals surface area contributed by atoms with Crippen molar-refractivity contribution in [1.82, 2.24) is 4.31 Å². The SMILES string of the molecule is CCC1c2ccsc2CCN1S(=O)(=O)c1ccc([N+](=O)[O-])cc1. The van der Waals surface area contributed by atoms with Gasteiger partial charge in [-0.15, -0.1) is 11.3 Å². The summed E-state index contributed by atoms with van der Waals surface area (Å²) >= 11 is 1.66. The van der Waals surface area contributed by atoms with Gasteiger partial charge in [-0.25, -0.2) is 8.42 Å². The molecule has 1 aromatic carbocycles. The predicted molar refractivity (Wildman–Crippen MR) is 88.0 cm³/mol. The molecule has 0 N–H and O–H groups in total. The third-order valence-corrected chi connectivity index (χ3v) is 7.01. The van der Waals surface area contributed by atoms with E-state index < -0.39 is 14.9 Å². The third kappa shape index (κ3) is 2.77. The first kappa shape index (κ1) is 16.1. The second-order valence-corrected chi connectivity index (χ2v) is 8.23. The predicted octanol–water partition coefficient (Wildman–Crippen LogP) is 3.35. The van der Waals surface area contributed by atoms with E-state index in [1.165, 1.54) is 33.4 Å². The van der Waals surface area contributed by atoms with Crippen molar-refractivity contribution in [1.29, 1.82) is 0 Å². The fourth-order valence-corrected chi connectivity index (χ4v) is 5.57. The summed E-state index contributed by atoms with van der Waals surface area (Å²) in [5, 5.41) is 12.7. The van der Waals surface area contributed by atoms with E-state index in [-0.39, 0.29) is 16.6 Å². The number of benzene rings is 1. The summed E-state index contributed by atoms with van der Waals surface area (Å²) in [5.41, 5.74) is 0.962. The molecule has 8 heteroatoms. The van der Waals surface area contributed by atoms with Gasteiger partial charge in [0.25, 0.3) is 5.69 Å². The van der Waals surface area contributed by atoms with Gasteiger partial charge in [0.2, 0.25) is 10.0 Å². The highest BCUT2D eigenvalue weighted by atomic mass is 32.2. The van der Waals surface area contributed by atoms with E-state index in [1.807, 2.05) is 18.4 Å². The molecule has 0 bridgehead atoms. The molecule has 1 aromatic heterocycles. The van der Waals surface area contributed by atoms with E-state index in [2.05, 4.69) is 0 Å². The first-order chi connectivity index (χ1) is 10.9. The first-order valence-electron chi connectivity index (χ1n) is 7.27. The second kappa shape index (κ2) is 6.03. The van der Waals surface area contributed by atoms with Crippen LogP contribution in [0.1, 0.15) is 29.8 Å². The minimum atomic E-state index is -3.67. The molecule has 0 saturated heterocycles. The minimum absolute atomic E-state index is 0.0974. The Kier molecular flexibility index (Phi) is 4.22. The number of hydrogen-bond acceptors (Lipinski definition) is 5. The fraction of sp³-hybridized carbons (Fsp3) is 0.333. The van der Waals surface area contributed by atoms with Crippen LogP contribution in [0.5, 0.6) is 0 Å². The van der Waals surface area contributed by atoms with Crippen LogP contribution in [-0.2, 0) is 16.4 Å². The van der Waals surface area contributed by atoms with Crippen molar-refractivity contribution in [3.05, 3.63) is 56.3 Å². The number of rotatable bonds is 4. The molecule has 1 aliphatic heterocycles. The first-order valence-corrected chi connectivity index (χ1v) is 9.59. The van der Waals surface area contributed by atoms with Gasteiger partial charge in [0.05, 0.1) is 15.9 Å². The lowest BCUT2D eigenvalue weighted by atomic mass is 10.0. The lowest BCUT2D eigenvalue weighted by Gasteiger charge is -2.34. The van der Waals surface area contributed by atoms with Crippen molar-refractivity contribution >= 4 is 27.0 Å². The maximum atomic E-state index is 12.9. The Hall–Kier alpha value is -1.77. The zero-order valence-corrected chi connectivity index (χ0v) is 14.1. The Morgan fingerprint density at radius 3 is 2.61 bits per heavy atom. The number of thiophene rings is 1. The molecule has 2 aromatic rings. The quantitative estimate of drug-likeness (QED) is 0.624. The average molecular weight is 352 g/mol. The zero-order valence-electron chi connectivity index (χ0n) is 12.5. The number of hydrogen-bond donors (Lipinski definition) is 0. The van der Waals surface area contributed by atoms with Gasteiger partial charge in [-0.1, -0.05) is 6.92 Å². The number of fused-ring (bicyclic) bond motifs is 1. The lowest BCUT2D eigenvalue weighted by Crippen LogP contribution is -2.39. The van der Waals surface area contributed by atoms with Crippen LogP contribution in [0.25, 0.3) is 0 Å². The van der Waals surface area contributed by atoms with Crippen molar-refractivity contribution in [3.8, 4) is 0 Å². The van der Waals surface area contributed by atoms with Crippen LogP contribution in [-0.4, -0.2) is 24.2 Å². The number of nitro benzene ring substituents is 1. The van der Waals surface area contributed by atoms with Gasteiger partial charge in [-0.2, -0.15) is 4.31 Å². The Bertz CT molecular complexity index is 827. The van der Waals surface area contributed by atoms with Crippen molar-refractivity contribution in [2.75, 3.05) is 6.54 Å². The van der Waals surface area contributed by atoms with Crippen molar-refractivity contribution < 1.29 is 13.3 Å². The highest BCUT2D eigenvalue weighted by Gasteiger charge is 2.36. The van der Waals surface area contributed by atoms with Crippen LogP contribution in [0.2, 0.25) is 0 Å². The molecular formula is C15H16N2O4S2. The molecule has 1 aliphatic rings. The van der Waals surface area contributed by atoms with Gasteiger partial charge >= 0.3 is 0 Å². The topological polar surface area (TPSA) is 80.5 Å². The molecule has 2 heterocycles. The van der Waals surface area contributed by atoms with E-state index in [1.54, 1.807) is 11.3 Å². The van der Waals surface area contributed by atoms with E-state index in [9.17, 15) is 18.5 Å².